The van der Waals surface area contributed by atoms with Crippen LogP contribution in [0.4, 0.5) is 22.0 Å². The molecule has 0 fully saturated rings. The zero-order valence-corrected chi connectivity index (χ0v) is 10.6. The Labute approximate surface area is 109 Å². The highest BCUT2D eigenvalue weighted by Gasteiger charge is 2.65. The number of thiophene rings is 1. The van der Waals surface area contributed by atoms with Crippen molar-refractivity contribution in [2.24, 2.45) is 0 Å². The quantitative estimate of drug-likeness (QED) is 0.728. The number of carbonyl (C=O) groups excluding carboxylic acids is 1. The van der Waals surface area contributed by atoms with Crippen LogP contribution in [0, 0.1) is 0 Å². The maximum absolute atomic E-state index is 13.1. The summed E-state index contributed by atoms with van der Waals surface area (Å²) in [5.74, 6) is -7.52. The van der Waals surface area contributed by atoms with Gasteiger partial charge in [-0.25, -0.2) is 0 Å². The van der Waals surface area contributed by atoms with Crippen molar-refractivity contribution in [3.8, 4) is 0 Å². The monoisotopic (exact) mass is 299 g/mol. The van der Waals surface area contributed by atoms with Crippen molar-refractivity contribution in [1.29, 1.82) is 0 Å². The second-order valence-corrected chi connectivity index (χ2v) is 5.30. The molecule has 1 aromatic heterocycles. The molecule has 1 aliphatic rings. The van der Waals surface area contributed by atoms with E-state index >= 15 is 0 Å². The molecule has 0 aromatic carbocycles. The SMILES string of the molecule is CC1c2ccsc2CCN1C(=O)C(F)(F)C(F)(F)F. The van der Waals surface area contributed by atoms with Crippen LogP contribution in [-0.4, -0.2) is 29.5 Å². The third-order valence-electron chi connectivity index (χ3n) is 3.16. The molecule has 2 heterocycles. The van der Waals surface area contributed by atoms with Crippen LogP contribution in [0.25, 0.3) is 0 Å². The number of carbonyl (C=O) groups is 1. The standard InChI is InChI=1S/C11H10F5NOS/c1-6-7-3-5-19-8(7)2-4-17(6)9(18)10(12,13)11(14,15)16/h3,5-6H,2,4H2,1H3. The Kier molecular flexibility index (Phi) is 3.32. The van der Waals surface area contributed by atoms with E-state index in [0.29, 0.717) is 16.9 Å². The fourth-order valence-corrected chi connectivity index (χ4v) is 3.05. The molecule has 106 valence electrons. The van der Waals surface area contributed by atoms with Crippen LogP contribution in [0.3, 0.4) is 0 Å². The molecule has 0 bridgehead atoms. The van der Waals surface area contributed by atoms with E-state index in [9.17, 15) is 26.7 Å². The smallest absolute Gasteiger partial charge is 0.330 e. The van der Waals surface area contributed by atoms with E-state index in [4.69, 9.17) is 0 Å². The Morgan fingerprint density at radius 3 is 2.58 bits per heavy atom. The summed E-state index contributed by atoms with van der Waals surface area (Å²) < 4.78 is 62.8. The van der Waals surface area contributed by atoms with E-state index < -0.39 is 24.0 Å². The summed E-state index contributed by atoms with van der Waals surface area (Å²) in [5.41, 5.74) is 0.641. The number of alkyl halides is 5. The van der Waals surface area contributed by atoms with E-state index in [2.05, 4.69) is 0 Å². The average Bonchev–Trinajstić information content (AvgIpc) is 2.76. The summed E-state index contributed by atoms with van der Waals surface area (Å²) in [6.07, 6.45) is -5.56. The highest BCUT2D eigenvalue weighted by molar-refractivity contribution is 7.10. The molecule has 0 saturated carbocycles. The summed E-state index contributed by atoms with van der Waals surface area (Å²) in [7, 11) is 0. The van der Waals surface area contributed by atoms with Gasteiger partial charge in [-0.05, 0) is 30.4 Å². The highest BCUT2D eigenvalue weighted by Crippen LogP contribution is 2.40. The summed E-state index contributed by atoms with van der Waals surface area (Å²) >= 11 is 1.41. The number of fused-ring (bicyclic) bond motifs is 1. The first-order chi connectivity index (χ1) is 8.66. The molecule has 19 heavy (non-hydrogen) atoms. The summed E-state index contributed by atoms with van der Waals surface area (Å²) in [5, 5.41) is 1.73. The molecule has 0 spiro atoms. The van der Waals surface area contributed by atoms with Gasteiger partial charge in [0.15, 0.2) is 0 Å². The van der Waals surface area contributed by atoms with Gasteiger partial charge in [-0.3, -0.25) is 4.79 Å². The average molecular weight is 299 g/mol. The Morgan fingerprint density at radius 1 is 1.37 bits per heavy atom. The molecule has 1 unspecified atom stereocenters. The van der Waals surface area contributed by atoms with E-state index in [0.717, 1.165) is 4.88 Å². The topological polar surface area (TPSA) is 20.3 Å². The lowest BCUT2D eigenvalue weighted by Gasteiger charge is -2.36. The minimum atomic E-state index is -5.86. The fourth-order valence-electron chi connectivity index (χ4n) is 2.09. The van der Waals surface area contributed by atoms with E-state index in [1.807, 2.05) is 0 Å². The molecular formula is C11H10F5NOS. The van der Waals surface area contributed by atoms with Gasteiger partial charge < -0.3 is 4.90 Å². The first kappa shape index (κ1) is 14.2. The van der Waals surface area contributed by atoms with Gasteiger partial charge in [0.05, 0.1) is 6.04 Å². The molecule has 1 aliphatic heterocycles. The minimum absolute atomic E-state index is 0.126. The lowest BCUT2D eigenvalue weighted by molar-refractivity contribution is -0.275. The van der Waals surface area contributed by atoms with Crippen molar-refractivity contribution >= 4 is 17.2 Å². The lowest BCUT2D eigenvalue weighted by atomic mass is 10.0. The fraction of sp³-hybridized carbons (Fsp3) is 0.545. The molecule has 0 aliphatic carbocycles. The van der Waals surface area contributed by atoms with Crippen molar-refractivity contribution in [2.75, 3.05) is 6.54 Å². The van der Waals surface area contributed by atoms with E-state index in [1.54, 1.807) is 11.4 Å². The van der Waals surface area contributed by atoms with Crippen molar-refractivity contribution in [1.82, 2.24) is 4.90 Å². The molecule has 1 amide bonds. The molecule has 0 saturated heterocycles. The normalized spacial score (nSPS) is 20.3. The minimum Gasteiger partial charge on any atom is -0.330 e. The maximum Gasteiger partial charge on any atom is 0.463 e. The van der Waals surface area contributed by atoms with Crippen LogP contribution >= 0.6 is 11.3 Å². The first-order valence-electron chi connectivity index (χ1n) is 5.48. The Balaban J connectivity index is 2.27. The highest BCUT2D eigenvalue weighted by atomic mass is 32.1. The maximum atomic E-state index is 13.1. The molecule has 0 radical (unpaired) electrons. The van der Waals surface area contributed by atoms with Crippen LogP contribution in [0.5, 0.6) is 0 Å². The third kappa shape index (κ3) is 2.22. The van der Waals surface area contributed by atoms with E-state index in [1.165, 1.54) is 18.3 Å². The Hall–Kier alpha value is -1.18. The van der Waals surface area contributed by atoms with Crippen LogP contribution < -0.4 is 0 Å². The second kappa shape index (κ2) is 4.43. The number of hydrogen-bond donors (Lipinski definition) is 0. The van der Waals surface area contributed by atoms with Crippen LogP contribution in [0.15, 0.2) is 11.4 Å². The Morgan fingerprint density at radius 2 is 2.00 bits per heavy atom. The van der Waals surface area contributed by atoms with Gasteiger partial charge in [-0.1, -0.05) is 0 Å². The summed E-state index contributed by atoms with van der Waals surface area (Å²) in [4.78, 5) is 13.0. The van der Waals surface area contributed by atoms with Crippen LogP contribution in [0.1, 0.15) is 23.4 Å². The lowest BCUT2D eigenvalue weighted by Crippen LogP contribution is -2.54. The molecular weight excluding hydrogens is 289 g/mol. The number of rotatable bonds is 1. The molecule has 0 N–H and O–H groups in total. The van der Waals surface area contributed by atoms with Gasteiger partial charge in [0, 0.05) is 11.4 Å². The molecule has 1 atom stereocenters. The summed E-state index contributed by atoms with van der Waals surface area (Å²) in [6, 6.07) is 0.881. The largest absolute Gasteiger partial charge is 0.463 e. The van der Waals surface area contributed by atoms with Gasteiger partial charge in [0.25, 0.3) is 0 Å². The first-order valence-corrected chi connectivity index (χ1v) is 6.36. The molecule has 8 heteroatoms. The molecule has 2 rings (SSSR count). The summed E-state index contributed by atoms with van der Waals surface area (Å²) in [6.45, 7) is 1.33. The zero-order valence-electron chi connectivity index (χ0n) is 9.80. The number of halogens is 5. The van der Waals surface area contributed by atoms with E-state index in [-0.39, 0.29) is 6.54 Å². The zero-order chi connectivity index (χ0) is 14.4. The third-order valence-corrected chi connectivity index (χ3v) is 4.16. The van der Waals surface area contributed by atoms with Crippen molar-refractivity contribution < 1.29 is 26.7 Å². The van der Waals surface area contributed by atoms with Crippen LogP contribution in [-0.2, 0) is 11.2 Å². The van der Waals surface area contributed by atoms with Crippen molar-refractivity contribution in [2.45, 2.75) is 31.5 Å². The predicted octanol–water partition coefficient (Wildman–Crippen LogP) is 3.39. The number of amides is 1. The molecule has 1 aromatic rings. The van der Waals surface area contributed by atoms with Gasteiger partial charge >= 0.3 is 18.0 Å². The van der Waals surface area contributed by atoms with Gasteiger partial charge in [-0.2, -0.15) is 22.0 Å². The second-order valence-electron chi connectivity index (χ2n) is 4.30. The van der Waals surface area contributed by atoms with Gasteiger partial charge in [0.2, 0.25) is 0 Å². The predicted molar refractivity (Wildman–Crippen MR) is 59.2 cm³/mol. The van der Waals surface area contributed by atoms with Crippen molar-refractivity contribution in [3.63, 3.8) is 0 Å². The van der Waals surface area contributed by atoms with Gasteiger partial charge in [-0.15, -0.1) is 11.3 Å². The number of nitrogens with zero attached hydrogens (tertiary/aromatic N) is 1. The van der Waals surface area contributed by atoms with Crippen LogP contribution in [0.2, 0.25) is 0 Å². The Bertz CT molecular complexity index is 496. The van der Waals surface area contributed by atoms with Crippen molar-refractivity contribution in [3.05, 3.63) is 21.9 Å². The van der Waals surface area contributed by atoms with Gasteiger partial charge in [0.1, 0.15) is 0 Å². The number of hydrogen-bond acceptors (Lipinski definition) is 2. The molecule has 2 nitrogen and oxygen atoms in total.